The van der Waals surface area contributed by atoms with Crippen LogP contribution in [0.3, 0.4) is 0 Å². The molecule has 0 spiro atoms. The third-order valence-electron chi connectivity index (χ3n) is 0.226. The Morgan fingerprint density at radius 1 is 2.00 bits per heavy atom. The number of rotatable bonds is 1. The van der Waals surface area contributed by atoms with Gasteiger partial charge in [0.1, 0.15) is 0 Å². The molecule has 0 saturated heterocycles. The molecule has 0 aliphatic carbocycles. The van der Waals surface area contributed by atoms with E-state index in [2.05, 4.69) is 36.5 Å². The lowest BCUT2D eigenvalue weighted by molar-refractivity contribution is 0.369. The Hall–Kier alpha value is 0.240. The fourth-order valence-corrected chi connectivity index (χ4v) is 0.262. The van der Waals surface area contributed by atoms with Crippen molar-refractivity contribution in [2.45, 2.75) is 0 Å². The molecule has 0 amide bonds. The highest BCUT2D eigenvalue weighted by Gasteiger charge is 1.77. The number of thiol groups is 1. The first-order valence-corrected chi connectivity index (χ1v) is 2.28. The van der Waals surface area contributed by atoms with E-state index in [1.807, 2.05) is 0 Å². The second kappa shape index (κ2) is 3.43. The minimum absolute atomic E-state index is 0.255. The molecule has 0 rings (SSSR count). The SMILES string of the molecule is [CH2]COC(=S)S. The maximum atomic E-state index is 4.53. The number of hydrogen-bond acceptors (Lipinski definition) is 2. The van der Waals surface area contributed by atoms with Gasteiger partial charge in [-0.3, -0.25) is 0 Å². The van der Waals surface area contributed by atoms with Crippen LogP contribution in [0.15, 0.2) is 0 Å². The van der Waals surface area contributed by atoms with Gasteiger partial charge in [-0.1, -0.05) is 12.6 Å². The van der Waals surface area contributed by atoms with Crippen LogP contribution in [0.25, 0.3) is 0 Å². The standard InChI is InChI=1S/C3H5OS2/c1-2-4-3(5)6/h1-2H2,(H,5,6). The molecule has 1 nitrogen and oxygen atoms in total. The van der Waals surface area contributed by atoms with Gasteiger partial charge in [-0.15, -0.1) is 0 Å². The molecule has 0 unspecified atom stereocenters. The van der Waals surface area contributed by atoms with Crippen molar-refractivity contribution in [2.24, 2.45) is 0 Å². The predicted molar refractivity (Wildman–Crippen MR) is 32.9 cm³/mol. The number of thiocarbonyl (C=S) groups is 1. The highest BCUT2D eigenvalue weighted by Crippen LogP contribution is 1.83. The molecule has 3 heteroatoms. The summed E-state index contributed by atoms with van der Waals surface area (Å²) in [6, 6.07) is 0. The molecule has 0 heterocycles. The Labute approximate surface area is 48.1 Å². The normalized spacial score (nSPS) is 7.67. The Balaban J connectivity index is 2.83. The molecule has 35 valence electrons. The molecule has 0 aliphatic heterocycles. The average Bonchev–Trinajstić information content (AvgIpc) is 1.35. The van der Waals surface area contributed by atoms with E-state index >= 15 is 0 Å². The fraction of sp³-hybridized carbons (Fsp3) is 0.333. The van der Waals surface area contributed by atoms with Gasteiger partial charge in [0.2, 0.25) is 4.38 Å². The van der Waals surface area contributed by atoms with E-state index < -0.39 is 0 Å². The van der Waals surface area contributed by atoms with Gasteiger partial charge >= 0.3 is 0 Å². The van der Waals surface area contributed by atoms with Crippen LogP contribution < -0.4 is 0 Å². The lowest BCUT2D eigenvalue weighted by Crippen LogP contribution is -1.89. The molecular formula is C3H5OS2. The molecular weight excluding hydrogens is 116 g/mol. The van der Waals surface area contributed by atoms with Crippen LogP contribution in [-0.2, 0) is 4.74 Å². The van der Waals surface area contributed by atoms with Gasteiger partial charge < -0.3 is 4.74 Å². The first-order chi connectivity index (χ1) is 2.77. The molecule has 0 N–H and O–H groups in total. The monoisotopic (exact) mass is 121 g/mol. The molecule has 0 aromatic carbocycles. The number of ether oxygens (including phenoxy) is 1. The maximum Gasteiger partial charge on any atom is 0.216 e. The highest BCUT2D eigenvalue weighted by molar-refractivity contribution is 8.10. The van der Waals surface area contributed by atoms with E-state index in [0.717, 1.165) is 0 Å². The Morgan fingerprint density at radius 2 is 2.50 bits per heavy atom. The zero-order valence-electron chi connectivity index (χ0n) is 3.18. The minimum atomic E-state index is 0.255. The summed E-state index contributed by atoms with van der Waals surface area (Å²) in [5.74, 6) is 0. The molecule has 1 radical (unpaired) electrons. The van der Waals surface area contributed by atoms with Gasteiger partial charge in [-0.2, -0.15) is 0 Å². The van der Waals surface area contributed by atoms with Gasteiger partial charge in [-0.25, -0.2) is 0 Å². The van der Waals surface area contributed by atoms with Crippen molar-refractivity contribution >= 4 is 29.2 Å². The van der Waals surface area contributed by atoms with E-state index in [0.29, 0.717) is 6.61 Å². The first kappa shape index (κ1) is 6.24. The first-order valence-electron chi connectivity index (χ1n) is 1.42. The number of hydrogen-bond donors (Lipinski definition) is 1. The smallest absolute Gasteiger partial charge is 0.216 e. The Kier molecular flexibility index (Phi) is 3.57. The molecule has 0 aliphatic rings. The van der Waals surface area contributed by atoms with Crippen molar-refractivity contribution in [1.29, 1.82) is 0 Å². The van der Waals surface area contributed by atoms with Crippen molar-refractivity contribution in [1.82, 2.24) is 0 Å². The van der Waals surface area contributed by atoms with Crippen molar-refractivity contribution in [3.8, 4) is 0 Å². The topological polar surface area (TPSA) is 9.23 Å². The van der Waals surface area contributed by atoms with Crippen molar-refractivity contribution in [2.75, 3.05) is 6.61 Å². The molecule has 0 aromatic rings. The summed E-state index contributed by atoms with van der Waals surface area (Å²) in [4.78, 5) is 0. The molecule has 0 atom stereocenters. The Bertz CT molecular complexity index is 52.8. The predicted octanol–water partition coefficient (Wildman–Crippen LogP) is 1.05. The fourth-order valence-electron chi connectivity index (χ4n) is 0.0873. The van der Waals surface area contributed by atoms with Gasteiger partial charge in [0.15, 0.2) is 0 Å². The van der Waals surface area contributed by atoms with Crippen LogP contribution in [0.1, 0.15) is 0 Å². The van der Waals surface area contributed by atoms with E-state index in [1.54, 1.807) is 0 Å². The largest absolute Gasteiger partial charge is 0.479 e. The van der Waals surface area contributed by atoms with Crippen molar-refractivity contribution in [3.63, 3.8) is 0 Å². The van der Waals surface area contributed by atoms with Crippen molar-refractivity contribution in [3.05, 3.63) is 6.92 Å². The summed E-state index contributed by atoms with van der Waals surface area (Å²) in [5, 5.41) is 0. The van der Waals surface area contributed by atoms with Crippen LogP contribution in [0.2, 0.25) is 0 Å². The third-order valence-corrected chi connectivity index (χ3v) is 0.472. The van der Waals surface area contributed by atoms with Crippen LogP contribution in [0.4, 0.5) is 0 Å². The highest BCUT2D eigenvalue weighted by atomic mass is 32.1. The van der Waals surface area contributed by atoms with Gasteiger partial charge in [0, 0.05) is 0 Å². The second-order valence-electron chi connectivity index (χ2n) is 0.614. The molecule has 0 saturated carbocycles. The summed E-state index contributed by atoms with van der Waals surface area (Å²) in [6.07, 6.45) is 0. The molecule has 0 fully saturated rings. The van der Waals surface area contributed by atoms with Crippen LogP contribution in [0, 0.1) is 6.92 Å². The van der Waals surface area contributed by atoms with Crippen LogP contribution >= 0.6 is 24.8 Å². The average molecular weight is 121 g/mol. The van der Waals surface area contributed by atoms with E-state index in [-0.39, 0.29) is 4.38 Å². The van der Waals surface area contributed by atoms with Gasteiger partial charge in [0.05, 0.1) is 6.61 Å². The van der Waals surface area contributed by atoms with Gasteiger partial charge in [0.25, 0.3) is 0 Å². The minimum Gasteiger partial charge on any atom is -0.479 e. The zero-order chi connectivity index (χ0) is 4.99. The van der Waals surface area contributed by atoms with Gasteiger partial charge in [-0.05, 0) is 19.1 Å². The van der Waals surface area contributed by atoms with E-state index in [4.69, 9.17) is 0 Å². The molecule has 6 heavy (non-hydrogen) atoms. The second-order valence-corrected chi connectivity index (χ2v) is 1.69. The summed E-state index contributed by atoms with van der Waals surface area (Å²) >= 11 is 8.04. The third kappa shape index (κ3) is 4.24. The zero-order valence-corrected chi connectivity index (χ0v) is 4.89. The lowest BCUT2D eigenvalue weighted by Gasteiger charge is -1.91. The lowest BCUT2D eigenvalue weighted by atomic mass is 10.9. The molecule has 0 bridgehead atoms. The van der Waals surface area contributed by atoms with Crippen LogP contribution in [-0.4, -0.2) is 11.0 Å². The summed E-state index contributed by atoms with van der Waals surface area (Å²) < 4.78 is 4.78. The quantitative estimate of drug-likeness (QED) is 0.410. The van der Waals surface area contributed by atoms with Crippen LogP contribution in [0.5, 0.6) is 0 Å². The molecule has 0 aromatic heterocycles. The maximum absolute atomic E-state index is 4.53. The summed E-state index contributed by atoms with van der Waals surface area (Å²) in [7, 11) is 0. The Morgan fingerprint density at radius 3 is 2.50 bits per heavy atom. The van der Waals surface area contributed by atoms with E-state index in [1.165, 1.54) is 0 Å². The van der Waals surface area contributed by atoms with E-state index in [9.17, 15) is 0 Å². The van der Waals surface area contributed by atoms with Crippen molar-refractivity contribution < 1.29 is 4.74 Å². The summed E-state index contributed by atoms with van der Waals surface area (Å²) in [6.45, 7) is 3.73. The summed E-state index contributed by atoms with van der Waals surface area (Å²) in [5.41, 5.74) is 0.